The Morgan fingerprint density at radius 1 is 1.36 bits per heavy atom. The Labute approximate surface area is 84.9 Å². The summed E-state index contributed by atoms with van der Waals surface area (Å²) in [6.45, 7) is 5.45. The van der Waals surface area contributed by atoms with Gasteiger partial charge in [0.25, 0.3) is 0 Å². The van der Waals surface area contributed by atoms with Crippen molar-refractivity contribution in [3.8, 4) is 6.07 Å². The van der Waals surface area contributed by atoms with Crippen LogP contribution in [-0.2, 0) is 6.54 Å². The summed E-state index contributed by atoms with van der Waals surface area (Å²) in [4.78, 5) is 0. The lowest BCUT2D eigenvalue weighted by Gasteiger charge is -2.02. The fourth-order valence-corrected chi connectivity index (χ4v) is 1.13. The van der Waals surface area contributed by atoms with Crippen LogP contribution in [0.3, 0.4) is 0 Å². The van der Waals surface area contributed by atoms with Gasteiger partial charge in [-0.1, -0.05) is 18.2 Å². The molecule has 0 saturated heterocycles. The summed E-state index contributed by atoms with van der Waals surface area (Å²) in [7, 11) is 0. The average molecular weight is 186 g/mol. The van der Waals surface area contributed by atoms with Crippen LogP contribution in [0.5, 0.6) is 0 Å². The molecule has 0 aromatic heterocycles. The van der Waals surface area contributed by atoms with Gasteiger partial charge in [-0.25, -0.2) is 0 Å². The molecule has 0 fully saturated rings. The molecule has 2 nitrogen and oxygen atoms in total. The molecule has 72 valence electrons. The summed E-state index contributed by atoms with van der Waals surface area (Å²) in [6.07, 6.45) is 2.88. The highest BCUT2D eigenvalue weighted by molar-refractivity contribution is 5.31. The summed E-state index contributed by atoms with van der Waals surface area (Å²) < 4.78 is 0. The first-order valence-corrected chi connectivity index (χ1v) is 4.67. The third kappa shape index (κ3) is 3.42. The highest BCUT2D eigenvalue weighted by atomic mass is 14.8. The van der Waals surface area contributed by atoms with Gasteiger partial charge in [0, 0.05) is 6.54 Å². The molecule has 0 saturated carbocycles. The van der Waals surface area contributed by atoms with E-state index in [1.807, 2.05) is 30.3 Å². The molecule has 0 spiro atoms. The number of benzene rings is 1. The van der Waals surface area contributed by atoms with Crippen LogP contribution in [0.2, 0.25) is 0 Å². The molecule has 0 bridgehead atoms. The Balaban J connectivity index is 2.37. The van der Waals surface area contributed by atoms with Gasteiger partial charge in [0.2, 0.25) is 0 Å². The maximum Gasteiger partial charge on any atom is 0.0991 e. The van der Waals surface area contributed by atoms with E-state index in [1.54, 1.807) is 0 Å². The number of nitrogens with one attached hydrogen (secondary N) is 1. The van der Waals surface area contributed by atoms with Gasteiger partial charge in [-0.15, -0.1) is 6.58 Å². The molecule has 0 heterocycles. The molecule has 0 radical (unpaired) electrons. The largest absolute Gasteiger partial charge is 0.312 e. The number of hydrogen-bond acceptors (Lipinski definition) is 2. The van der Waals surface area contributed by atoms with Crippen molar-refractivity contribution in [2.75, 3.05) is 6.54 Å². The van der Waals surface area contributed by atoms with E-state index in [2.05, 4.69) is 18.0 Å². The van der Waals surface area contributed by atoms with Gasteiger partial charge in [-0.2, -0.15) is 5.26 Å². The molecular weight excluding hydrogens is 172 g/mol. The van der Waals surface area contributed by atoms with Crippen LogP contribution in [0.25, 0.3) is 0 Å². The zero-order valence-corrected chi connectivity index (χ0v) is 8.16. The molecule has 0 aliphatic carbocycles. The summed E-state index contributed by atoms with van der Waals surface area (Å²) in [5.41, 5.74) is 1.91. The molecule has 0 aliphatic heterocycles. The van der Waals surface area contributed by atoms with Crippen LogP contribution in [0.4, 0.5) is 0 Å². The zero-order valence-electron chi connectivity index (χ0n) is 8.16. The Bertz CT molecular complexity index is 319. The van der Waals surface area contributed by atoms with Crippen LogP contribution in [0.1, 0.15) is 17.5 Å². The van der Waals surface area contributed by atoms with E-state index >= 15 is 0 Å². The minimum atomic E-state index is 0.708. The van der Waals surface area contributed by atoms with Gasteiger partial charge in [0.05, 0.1) is 11.6 Å². The van der Waals surface area contributed by atoms with Crippen LogP contribution >= 0.6 is 0 Å². The number of rotatable bonds is 5. The molecule has 1 N–H and O–H groups in total. The monoisotopic (exact) mass is 186 g/mol. The van der Waals surface area contributed by atoms with Gasteiger partial charge in [-0.05, 0) is 30.7 Å². The van der Waals surface area contributed by atoms with Crippen molar-refractivity contribution in [1.29, 1.82) is 5.26 Å². The van der Waals surface area contributed by atoms with Crippen LogP contribution in [-0.4, -0.2) is 6.54 Å². The van der Waals surface area contributed by atoms with Gasteiger partial charge >= 0.3 is 0 Å². The molecule has 0 atom stereocenters. The van der Waals surface area contributed by atoms with E-state index < -0.39 is 0 Å². The van der Waals surface area contributed by atoms with Gasteiger partial charge in [-0.3, -0.25) is 0 Å². The van der Waals surface area contributed by atoms with Crippen molar-refractivity contribution in [2.45, 2.75) is 13.0 Å². The van der Waals surface area contributed by atoms with E-state index in [-0.39, 0.29) is 0 Å². The smallest absolute Gasteiger partial charge is 0.0991 e. The lowest BCUT2D eigenvalue weighted by atomic mass is 10.1. The second-order valence-electron chi connectivity index (χ2n) is 3.06. The van der Waals surface area contributed by atoms with Crippen molar-refractivity contribution in [3.63, 3.8) is 0 Å². The highest BCUT2D eigenvalue weighted by Gasteiger charge is 1.92. The standard InChI is InChI=1S/C12H14N2/c1-2-3-8-14-10-12-6-4-11(9-13)5-7-12/h2,4-7,14H,1,3,8,10H2. The van der Waals surface area contributed by atoms with E-state index in [4.69, 9.17) is 5.26 Å². The fraction of sp³-hybridized carbons (Fsp3) is 0.250. The van der Waals surface area contributed by atoms with E-state index in [9.17, 15) is 0 Å². The first-order chi connectivity index (χ1) is 6.86. The van der Waals surface area contributed by atoms with Crippen molar-refractivity contribution >= 4 is 0 Å². The van der Waals surface area contributed by atoms with E-state index in [0.717, 1.165) is 19.5 Å². The van der Waals surface area contributed by atoms with E-state index in [1.165, 1.54) is 5.56 Å². The quantitative estimate of drug-likeness (QED) is 0.565. The van der Waals surface area contributed by atoms with Crippen molar-refractivity contribution < 1.29 is 0 Å². The van der Waals surface area contributed by atoms with E-state index in [0.29, 0.717) is 5.56 Å². The van der Waals surface area contributed by atoms with Crippen LogP contribution in [0, 0.1) is 11.3 Å². The SMILES string of the molecule is C=CCCNCc1ccc(C#N)cc1. The maximum absolute atomic E-state index is 8.60. The van der Waals surface area contributed by atoms with Crippen molar-refractivity contribution in [2.24, 2.45) is 0 Å². The highest BCUT2D eigenvalue weighted by Crippen LogP contribution is 2.02. The first kappa shape index (κ1) is 10.5. The zero-order chi connectivity index (χ0) is 10.2. The van der Waals surface area contributed by atoms with Crippen LogP contribution in [0.15, 0.2) is 36.9 Å². The number of nitriles is 1. The Morgan fingerprint density at radius 3 is 2.64 bits per heavy atom. The predicted octanol–water partition coefficient (Wildman–Crippen LogP) is 2.22. The molecule has 14 heavy (non-hydrogen) atoms. The Hall–Kier alpha value is -1.59. The summed E-state index contributed by atoms with van der Waals surface area (Å²) in [5.74, 6) is 0. The van der Waals surface area contributed by atoms with Crippen molar-refractivity contribution in [3.05, 3.63) is 48.0 Å². The minimum absolute atomic E-state index is 0.708. The summed E-state index contributed by atoms with van der Waals surface area (Å²) in [6, 6.07) is 9.72. The predicted molar refractivity (Wildman–Crippen MR) is 57.7 cm³/mol. The second kappa shape index (κ2) is 5.95. The third-order valence-electron chi connectivity index (χ3n) is 1.94. The van der Waals surface area contributed by atoms with Crippen molar-refractivity contribution in [1.82, 2.24) is 5.32 Å². The Morgan fingerprint density at radius 2 is 2.07 bits per heavy atom. The topological polar surface area (TPSA) is 35.8 Å². The number of hydrogen-bond donors (Lipinski definition) is 1. The molecule has 0 unspecified atom stereocenters. The summed E-state index contributed by atoms with van der Waals surface area (Å²) >= 11 is 0. The van der Waals surface area contributed by atoms with Gasteiger partial charge in [0.15, 0.2) is 0 Å². The molecule has 0 amide bonds. The normalized spacial score (nSPS) is 9.36. The maximum atomic E-state index is 8.60. The average Bonchev–Trinajstić information content (AvgIpc) is 2.25. The van der Waals surface area contributed by atoms with Gasteiger partial charge < -0.3 is 5.32 Å². The molecule has 1 aromatic carbocycles. The molecular formula is C12H14N2. The van der Waals surface area contributed by atoms with Crippen LogP contribution < -0.4 is 5.32 Å². The lowest BCUT2D eigenvalue weighted by Crippen LogP contribution is -2.13. The lowest BCUT2D eigenvalue weighted by molar-refractivity contribution is 0.696. The summed E-state index contributed by atoms with van der Waals surface area (Å²) in [5, 5.41) is 11.9. The minimum Gasteiger partial charge on any atom is -0.312 e. The second-order valence-corrected chi connectivity index (χ2v) is 3.06. The number of nitrogens with zero attached hydrogens (tertiary/aromatic N) is 1. The Kier molecular flexibility index (Phi) is 4.46. The fourth-order valence-electron chi connectivity index (χ4n) is 1.13. The molecule has 1 rings (SSSR count). The molecule has 2 heteroatoms. The third-order valence-corrected chi connectivity index (χ3v) is 1.94. The first-order valence-electron chi connectivity index (χ1n) is 4.67. The molecule has 0 aliphatic rings. The van der Waals surface area contributed by atoms with Gasteiger partial charge in [0.1, 0.15) is 0 Å². The molecule has 1 aromatic rings.